The summed E-state index contributed by atoms with van der Waals surface area (Å²) in [4.78, 5) is 40.7. The predicted molar refractivity (Wildman–Crippen MR) is 108 cm³/mol. The minimum absolute atomic E-state index is 0.0312. The maximum Gasteiger partial charge on any atom is 0.308 e. The zero-order chi connectivity index (χ0) is 20.8. The maximum atomic E-state index is 12.4. The summed E-state index contributed by atoms with van der Waals surface area (Å²) < 4.78 is 7.91. The molecule has 8 heteroatoms. The summed E-state index contributed by atoms with van der Waals surface area (Å²) in [7, 11) is 1.70. The molecular formula is C21H24N4O4. The van der Waals surface area contributed by atoms with Crippen molar-refractivity contribution in [2.75, 3.05) is 6.61 Å². The molecule has 0 saturated carbocycles. The third-order valence-electron chi connectivity index (χ3n) is 4.73. The maximum absolute atomic E-state index is 12.4. The Labute approximate surface area is 168 Å². The molecule has 2 heterocycles. The number of unbranched alkanes of at least 4 members (excludes halogenated alkanes) is 1. The van der Waals surface area contributed by atoms with Gasteiger partial charge in [0.15, 0.2) is 18.0 Å². The number of carbonyl (C=O) groups is 2. The van der Waals surface area contributed by atoms with Gasteiger partial charge in [0.1, 0.15) is 5.39 Å². The van der Waals surface area contributed by atoms with Gasteiger partial charge in [-0.15, -0.1) is 0 Å². The van der Waals surface area contributed by atoms with E-state index in [1.807, 2.05) is 12.1 Å². The van der Waals surface area contributed by atoms with Crippen LogP contribution in [0.2, 0.25) is 0 Å². The van der Waals surface area contributed by atoms with E-state index in [1.54, 1.807) is 19.2 Å². The number of hydrogen-bond donors (Lipinski definition) is 0. The first-order chi connectivity index (χ1) is 14.0. The van der Waals surface area contributed by atoms with Gasteiger partial charge in [-0.05, 0) is 18.4 Å². The fourth-order valence-electron chi connectivity index (χ4n) is 2.98. The van der Waals surface area contributed by atoms with E-state index in [-0.39, 0.29) is 30.9 Å². The highest BCUT2D eigenvalue weighted by molar-refractivity contribution is 5.97. The highest BCUT2D eigenvalue weighted by Crippen LogP contribution is 2.09. The zero-order valence-electron chi connectivity index (χ0n) is 16.6. The first-order valence-corrected chi connectivity index (χ1v) is 9.64. The third-order valence-corrected chi connectivity index (χ3v) is 4.73. The van der Waals surface area contributed by atoms with Crippen molar-refractivity contribution in [3.63, 3.8) is 0 Å². The van der Waals surface area contributed by atoms with Crippen molar-refractivity contribution in [2.45, 2.75) is 39.2 Å². The molecule has 0 saturated heterocycles. The number of fused-ring (bicyclic) bond motifs is 1. The summed E-state index contributed by atoms with van der Waals surface area (Å²) >= 11 is 0. The molecule has 0 fully saturated rings. The van der Waals surface area contributed by atoms with Crippen LogP contribution in [0.4, 0.5) is 0 Å². The van der Waals surface area contributed by atoms with Crippen LogP contribution in [0.1, 0.15) is 42.1 Å². The number of hydrogen-bond acceptors (Lipinski definition) is 6. The highest BCUT2D eigenvalue weighted by Gasteiger charge is 2.12. The molecule has 0 N–H and O–H groups in total. The van der Waals surface area contributed by atoms with Crippen LogP contribution in [0.15, 0.2) is 41.6 Å². The lowest BCUT2D eigenvalue weighted by Crippen LogP contribution is -2.23. The Morgan fingerprint density at radius 2 is 1.93 bits per heavy atom. The summed E-state index contributed by atoms with van der Waals surface area (Å²) in [6, 6.07) is 7.38. The number of ketones is 1. The average molecular weight is 396 g/mol. The summed E-state index contributed by atoms with van der Waals surface area (Å²) in [6.45, 7) is 1.94. The van der Waals surface area contributed by atoms with Crippen LogP contribution in [0.5, 0.6) is 0 Å². The van der Waals surface area contributed by atoms with Crippen LogP contribution < -0.4 is 5.56 Å². The number of aryl methyl sites for hydroxylation is 3. The minimum Gasteiger partial charge on any atom is -0.457 e. The van der Waals surface area contributed by atoms with Crippen molar-refractivity contribution in [3.8, 4) is 0 Å². The summed E-state index contributed by atoms with van der Waals surface area (Å²) in [5, 5.41) is 4.39. The first kappa shape index (κ1) is 20.4. The van der Waals surface area contributed by atoms with Gasteiger partial charge in [0.05, 0.1) is 18.9 Å². The van der Waals surface area contributed by atoms with E-state index < -0.39 is 5.97 Å². The summed E-state index contributed by atoms with van der Waals surface area (Å²) in [5.41, 5.74) is 1.92. The number of carbonyl (C=O) groups excluding carboxylic acids is 2. The molecule has 0 spiro atoms. The van der Waals surface area contributed by atoms with Crippen molar-refractivity contribution in [1.82, 2.24) is 19.3 Å². The van der Waals surface area contributed by atoms with Gasteiger partial charge < -0.3 is 4.74 Å². The third kappa shape index (κ3) is 4.96. The number of ether oxygens (including phenoxy) is 1. The Balaban J connectivity index is 1.50. The van der Waals surface area contributed by atoms with E-state index in [9.17, 15) is 14.4 Å². The van der Waals surface area contributed by atoms with Gasteiger partial charge in [-0.25, -0.2) is 4.98 Å². The van der Waals surface area contributed by atoms with Crippen LogP contribution in [0.25, 0.3) is 11.0 Å². The molecule has 3 rings (SSSR count). The molecule has 0 bridgehead atoms. The average Bonchev–Trinajstić information content (AvgIpc) is 3.12. The molecule has 1 aromatic carbocycles. The lowest BCUT2D eigenvalue weighted by molar-refractivity contribution is -0.142. The largest absolute Gasteiger partial charge is 0.457 e. The number of benzene rings is 1. The second kappa shape index (κ2) is 9.27. The second-order valence-electron chi connectivity index (χ2n) is 6.88. The normalized spacial score (nSPS) is 11.0. The van der Waals surface area contributed by atoms with Crippen molar-refractivity contribution < 1.29 is 14.3 Å². The Morgan fingerprint density at radius 1 is 1.17 bits per heavy atom. The molecule has 152 valence electrons. The molecular weight excluding hydrogens is 372 g/mol. The lowest BCUT2D eigenvalue weighted by atomic mass is 10.0. The second-order valence-corrected chi connectivity index (χ2v) is 6.88. The molecule has 0 aliphatic heterocycles. The summed E-state index contributed by atoms with van der Waals surface area (Å²) in [5.74, 6) is -0.799. The van der Waals surface area contributed by atoms with E-state index >= 15 is 0 Å². The van der Waals surface area contributed by atoms with Crippen LogP contribution in [0, 0.1) is 0 Å². The Morgan fingerprint density at radius 3 is 2.66 bits per heavy atom. The lowest BCUT2D eigenvalue weighted by Gasteiger charge is -2.07. The van der Waals surface area contributed by atoms with Crippen LogP contribution in [-0.2, 0) is 29.5 Å². The number of nitrogens with zero attached hydrogens (tertiary/aromatic N) is 4. The quantitative estimate of drug-likeness (QED) is 0.407. The van der Waals surface area contributed by atoms with Gasteiger partial charge in [-0.1, -0.05) is 37.6 Å². The molecule has 2 aromatic heterocycles. The molecule has 29 heavy (non-hydrogen) atoms. The van der Waals surface area contributed by atoms with E-state index in [2.05, 4.69) is 17.0 Å². The van der Waals surface area contributed by atoms with Crippen LogP contribution in [-0.4, -0.2) is 37.7 Å². The van der Waals surface area contributed by atoms with E-state index in [0.717, 1.165) is 19.3 Å². The smallest absolute Gasteiger partial charge is 0.308 e. The van der Waals surface area contributed by atoms with Gasteiger partial charge in [-0.2, -0.15) is 5.10 Å². The summed E-state index contributed by atoms with van der Waals surface area (Å²) in [6.07, 6.45) is 6.01. The molecule has 0 atom stereocenters. The Hall–Kier alpha value is -3.29. The van der Waals surface area contributed by atoms with Crippen molar-refractivity contribution >= 4 is 22.8 Å². The van der Waals surface area contributed by atoms with Crippen molar-refractivity contribution in [1.29, 1.82) is 0 Å². The molecule has 3 aromatic rings. The van der Waals surface area contributed by atoms with Gasteiger partial charge >= 0.3 is 5.97 Å². The zero-order valence-corrected chi connectivity index (χ0v) is 16.6. The predicted octanol–water partition coefficient (Wildman–Crippen LogP) is 2.29. The van der Waals surface area contributed by atoms with Gasteiger partial charge in [0, 0.05) is 19.2 Å². The number of rotatable bonds is 9. The molecule has 0 unspecified atom stereocenters. The van der Waals surface area contributed by atoms with Crippen LogP contribution >= 0.6 is 0 Å². The van der Waals surface area contributed by atoms with E-state index in [0.29, 0.717) is 16.6 Å². The SMILES string of the molecule is CCCCc1ccc(C(=O)COC(=O)CCn2cnc3c(cnn3C)c2=O)cc1. The number of aromatic nitrogens is 4. The van der Waals surface area contributed by atoms with Gasteiger partial charge in [0.25, 0.3) is 5.56 Å². The topological polar surface area (TPSA) is 96.1 Å². The molecule has 0 aliphatic carbocycles. The monoisotopic (exact) mass is 396 g/mol. The molecule has 0 aliphatic rings. The minimum atomic E-state index is -0.545. The molecule has 0 amide bonds. The van der Waals surface area contributed by atoms with E-state index in [1.165, 1.54) is 27.3 Å². The first-order valence-electron chi connectivity index (χ1n) is 9.64. The van der Waals surface area contributed by atoms with Gasteiger partial charge in [-0.3, -0.25) is 23.6 Å². The Kier molecular flexibility index (Phi) is 6.54. The van der Waals surface area contributed by atoms with Crippen molar-refractivity contribution in [3.05, 3.63) is 58.3 Å². The van der Waals surface area contributed by atoms with Crippen molar-refractivity contribution in [2.24, 2.45) is 7.05 Å². The van der Waals surface area contributed by atoms with Gasteiger partial charge in [0.2, 0.25) is 0 Å². The fourth-order valence-corrected chi connectivity index (χ4v) is 2.98. The number of esters is 1. The number of Topliss-reactive ketones (excluding diaryl/α,β-unsaturated/α-hetero) is 1. The Bertz CT molecular complexity index is 1070. The standard InChI is InChI=1S/C21H24N4O4/c1-3-4-5-15-6-8-16(9-7-15)18(26)13-29-19(27)10-11-25-14-22-20-17(21(25)28)12-23-24(20)2/h6-9,12,14H,3-5,10-11,13H2,1-2H3. The van der Waals surface area contributed by atoms with E-state index in [4.69, 9.17) is 4.74 Å². The molecule has 8 nitrogen and oxygen atoms in total. The molecule has 0 radical (unpaired) electrons. The highest BCUT2D eigenvalue weighted by atomic mass is 16.5. The fraction of sp³-hybridized carbons (Fsp3) is 0.381. The van der Waals surface area contributed by atoms with Crippen LogP contribution in [0.3, 0.4) is 0 Å².